The number of hydrogen-bond acceptors (Lipinski definition) is 2. The molecule has 2 aromatic rings. The van der Waals surface area contributed by atoms with Gasteiger partial charge in [0.2, 0.25) is 5.78 Å². The number of aryl methyl sites for hydroxylation is 2. The first-order valence-corrected chi connectivity index (χ1v) is 7.78. The number of aromatic amines is 1. The van der Waals surface area contributed by atoms with Crippen molar-refractivity contribution in [3.63, 3.8) is 0 Å². The molecule has 0 aliphatic rings. The quantitative estimate of drug-likeness (QED) is 0.863. The van der Waals surface area contributed by atoms with Gasteiger partial charge in [-0.3, -0.25) is 19.4 Å². The van der Waals surface area contributed by atoms with Crippen LogP contribution in [0.25, 0.3) is 5.57 Å². The Balaban J connectivity index is 2.71. The number of carbonyl (C=O) groups is 1. The molecule has 0 unspecified atom stereocenters. The van der Waals surface area contributed by atoms with Crippen molar-refractivity contribution >= 4 is 23.0 Å². The summed E-state index contributed by atoms with van der Waals surface area (Å²) in [5.41, 5.74) is 4.77. The summed E-state index contributed by atoms with van der Waals surface area (Å²) in [4.78, 5) is 25.1. The summed E-state index contributed by atoms with van der Waals surface area (Å²) in [6.07, 6.45) is 0. The van der Waals surface area contributed by atoms with E-state index in [2.05, 4.69) is 5.10 Å². The van der Waals surface area contributed by atoms with Gasteiger partial charge in [0, 0.05) is 23.3 Å². The van der Waals surface area contributed by atoms with Crippen LogP contribution in [0.2, 0.25) is 5.02 Å². The maximum Gasteiger partial charge on any atom is 0.277 e. The van der Waals surface area contributed by atoms with Crippen molar-refractivity contribution in [1.82, 2.24) is 9.78 Å². The van der Waals surface area contributed by atoms with E-state index in [9.17, 15) is 9.59 Å². The molecule has 0 saturated carbocycles. The third-order valence-corrected chi connectivity index (χ3v) is 4.55. The van der Waals surface area contributed by atoms with E-state index < -0.39 is 0 Å². The van der Waals surface area contributed by atoms with E-state index in [1.54, 1.807) is 26.1 Å². The van der Waals surface area contributed by atoms with Crippen LogP contribution < -0.4 is 5.56 Å². The Kier molecular flexibility index (Phi) is 4.66. The van der Waals surface area contributed by atoms with Crippen LogP contribution in [0.1, 0.15) is 53.5 Å². The number of allylic oxidation sites excluding steroid dienone is 2. The van der Waals surface area contributed by atoms with Crippen molar-refractivity contribution in [2.45, 2.75) is 34.6 Å². The fraction of sp³-hybridized carbons (Fsp3) is 0.333. The topological polar surface area (TPSA) is 54.9 Å². The lowest BCUT2D eigenvalue weighted by atomic mass is 9.91. The van der Waals surface area contributed by atoms with E-state index in [0.717, 1.165) is 22.3 Å². The molecule has 1 heterocycles. The van der Waals surface area contributed by atoms with Gasteiger partial charge < -0.3 is 0 Å². The highest BCUT2D eigenvalue weighted by atomic mass is 35.5. The number of nitrogens with one attached hydrogen (secondary N) is 1. The number of carbonyl (C=O) groups excluding carboxylic acids is 1. The number of aromatic nitrogens is 2. The monoisotopic (exact) mass is 332 g/mol. The Hall–Kier alpha value is -2.07. The number of H-pyrrole nitrogens is 1. The molecule has 0 spiro atoms. The number of benzene rings is 1. The highest BCUT2D eigenvalue weighted by Gasteiger charge is 2.23. The first-order valence-electron chi connectivity index (χ1n) is 7.40. The number of halogens is 1. The predicted octanol–water partition coefficient (Wildman–Crippen LogP) is 4.03. The molecule has 0 atom stereocenters. The van der Waals surface area contributed by atoms with Gasteiger partial charge in [-0.2, -0.15) is 0 Å². The second-order valence-electron chi connectivity index (χ2n) is 6.03. The number of hydrogen-bond donors (Lipinski definition) is 1. The van der Waals surface area contributed by atoms with E-state index in [1.807, 2.05) is 27.7 Å². The van der Waals surface area contributed by atoms with Crippen LogP contribution in [0, 0.1) is 13.8 Å². The fourth-order valence-corrected chi connectivity index (χ4v) is 3.07. The van der Waals surface area contributed by atoms with Gasteiger partial charge in [0.25, 0.3) is 5.56 Å². The summed E-state index contributed by atoms with van der Waals surface area (Å²) in [6.45, 7) is 9.59. The first kappa shape index (κ1) is 17.3. The molecular weight excluding hydrogens is 312 g/mol. The summed E-state index contributed by atoms with van der Waals surface area (Å²) in [6, 6.07) is 3.41. The zero-order chi connectivity index (χ0) is 17.5. The highest BCUT2D eigenvalue weighted by molar-refractivity contribution is 6.32. The molecule has 2 rings (SSSR count). The average molecular weight is 333 g/mol. The van der Waals surface area contributed by atoms with Crippen LogP contribution >= 0.6 is 11.6 Å². The molecule has 122 valence electrons. The number of rotatable bonds is 3. The Bertz CT molecular complexity index is 881. The summed E-state index contributed by atoms with van der Waals surface area (Å²) < 4.78 is 1.32. The standard InChI is InChI=1S/C18H21ClN2O2/c1-9(2)10(3)15-11(4)13(7-8-14(15)19)17(22)16-12(5)20-21(6)18(16)23/h7-8,20H,1-6H3. The highest BCUT2D eigenvalue weighted by Crippen LogP contribution is 2.32. The van der Waals surface area contributed by atoms with E-state index in [4.69, 9.17) is 11.6 Å². The molecule has 1 aromatic heterocycles. The molecule has 0 saturated heterocycles. The molecular formula is C18H21ClN2O2. The molecule has 0 aliphatic heterocycles. The van der Waals surface area contributed by atoms with E-state index in [1.165, 1.54) is 4.68 Å². The molecule has 0 fully saturated rings. The Morgan fingerprint density at radius 2 is 1.74 bits per heavy atom. The minimum Gasteiger partial charge on any atom is -0.299 e. The second-order valence-corrected chi connectivity index (χ2v) is 6.43. The Morgan fingerprint density at radius 3 is 2.22 bits per heavy atom. The van der Waals surface area contributed by atoms with Crippen LogP contribution in [-0.4, -0.2) is 15.6 Å². The van der Waals surface area contributed by atoms with E-state index in [-0.39, 0.29) is 16.9 Å². The number of ketones is 1. The normalized spacial score (nSPS) is 10.7. The lowest BCUT2D eigenvalue weighted by molar-refractivity contribution is 0.103. The molecule has 23 heavy (non-hydrogen) atoms. The SMILES string of the molecule is CC(C)=C(C)c1c(Cl)ccc(C(=O)c2c(C)[nH]n(C)c2=O)c1C. The minimum absolute atomic E-state index is 0.179. The third kappa shape index (κ3) is 2.91. The maximum atomic E-state index is 12.9. The van der Waals surface area contributed by atoms with Crippen LogP contribution in [0.5, 0.6) is 0 Å². The Morgan fingerprint density at radius 1 is 1.13 bits per heavy atom. The van der Waals surface area contributed by atoms with Crippen molar-refractivity contribution in [3.05, 3.63) is 61.0 Å². The lowest BCUT2D eigenvalue weighted by Gasteiger charge is -2.14. The molecule has 4 nitrogen and oxygen atoms in total. The molecule has 1 aromatic carbocycles. The second kappa shape index (κ2) is 6.20. The zero-order valence-electron chi connectivity index (χ0n) is 14.3. The maximum absolute atomic E-state index is 12.9. The molecule has 5 heteroatoms. The van der Waals surface area contributed by atoms with Crippen LogP contribution in [0.3, 0.4) is 0 Å². The van der Waals surface area contributed by atoms with Gasteiger partial charge in [-0.1, -0.05) is 17.2 Å². The van der Waals surface area contributed by atoms with Gasteiger partial charge in [0.05, 0.1) is 0 Å². The van der Waals surface area contributed by atoms with Gasteiger partial charge in [0.1, 0.15) is 5.56 Å². The first-order chi connectivity index (χ1) is 10.7. The molecule has 0 radical (unpaired) electrons. The van der Waals surface area contributed by atoms with Crippen molar-refractivity contribution in [2.24, 2.45) is 7.05 Å². The zero-order valence-corrected chi connectivity index (χ0v) is 15.1. The van der Waals surface area contributed by atoms with Crippen LogP contribution in [0.4, 0.5) is 0 Å². The average Bonchev–Trinajstić information content (AvgIpc) is 2.71. The van der Waals surface area contributed by atoms with Gasteiger partial charge >= 0.3 is 0 Å². The molecule has 0 amide bonds. The summed E-state index contributed by atoms with van der Waals surface area (Å²) in [5.74, 6) is -0.277. The van der Waals surface area contributed by atoms with Crippen molar-refractivity contribution in [1.29, 1.82) is 0 Å². The lowest BCUT2D eigenvalue weighted by Crippen LogP contribution is -2.20. The number of nitrogens with zero attached hydrogens (tertiary/aromatic N) is 1. The largest absolute Gasteiger partial charge is 0.299 e. The summed E-state index contributed by atoms with van der Waals surface area (Å²) >= 11 is 6.34. The van der Waals surface area contributed by atoms with Gasteiger partial charge in [-0.05, 0) is 63.5 Å². The van der Waals surface area contributed by atoms with Crippen LogP contribution in [-0.2, 0) is 7.05 Å². The van der Waals surface area contributed by atoms with Crippen molar-refractivity contribution < 1.29 is 4.79 Å². The van der Waals surface area contributed by atoms with Gasteiger partial charge in [-0.25, -0.2) is 0 Å². The molecule has 0 aliphatic carbocycles. The minimum atomic E-state index is -0.317. The smallest absolute Gasteiger partial charge is 0.277 e. The van der Waals surface area contributed by atoms with E-state index >= 15 is 0 Å². The van der Waals surface area contributed by atoms with Crippen LogP contribution in [0.15, 0.2) is 22.5 Å². The van der Waals surface area contributed by atoms with Crippen molar-refractivity contribution in [2.75, 3.05) is 0 Å². The van der Waals surface area contributed by atoms with E-state index in [0.29, 0.717) is 16.3 Å². The van der Waals surface area contributed by atoms with Crippen molar-refractivity contribution in [3.8, 4) is 0 Å². The predicted molar refractivity (Wildman–Crippen MR) is 94.3 cm³/mol. The molecule has 0 bridgehead atoms. The summed E-state index contributed by atoms with van der Waals surface area (Å²) in [7, 11) is 1.60. The Labute approximate surface area is 140 Å². The van der Waals surface area contributed by atoms with Gasteiger partial charge in [-0.15, -0.1) is 0 Å². The third-order valence-electron chi connectivity index (χ3n) is 4.24. The fourth-order valence-electron chi connectivity index (χ4n) is 2.72. The summed E-state index contributed by atoms with van der Waals surface area (Å²) in [5, 5.41) is 3.47. The van der Waals surface area contributed by atoms with Gasteiger partial charge in [0.15, 0.2) is 0 Å². The molecule has 1 N–H and O–H groups in total.